The van der Waals surface area contributed by atoms with Crippen molar-refractivity contribution in [1.29, 1.82) is 0 Å². The summed E-state index contributed by atoms with van der Waals surface area (Å²) in [5.74, 6) is -1.46. The number of sulfonamides is 1. The van der Waals surface area contributed by atoms with E-state index < -0.39 is 21.8 Å². The van der Waals surface area contributed by atoms with Gasteiger partial charge in [0.1, 0.15) is 0 Å². The number of carbonyl (C=O) groups is 2. The predicted molar refractivity (Wildman–Crippen MR) is 134 cm³/mol. The molecule has 1 aliphatic heterocycles. The van der Waals surface area contributed by atoms with Crippen molar-refractivity contribution < 1.29 is 18.0 Å². The lowest BCUT2D eigenvalue weighted by Crippen LogP contribution is -2.46. The third-order valence-corrected chi connectivity index (χ3v) is 8.59. The molecule has 1 fully saturated rings. The Bertz CT molecular complexity index is 1120. The molecule has 184 valence electrons. The fourth-order valence-electron chi connectivity index (χ4n) is 4.71. The number of benzene rings is 2. The maximum atomic E-state index is 13.6. The molecule has 3 rings (SSSR count). The number of nitrogens with zero attached hydrogens (tertiary/aromatic N) is 1. The molecule has 2 N–H and O–H groups in total. The number of aryl methyl sites for hydroxylation is 4. The number of amides is 2. The summed E-state index contributed by atoms with van der Waals surface area (Å²) in [5.41, 5.74) is 4.24. The van der Waals surface area contributed by atoms with Crippen molar-refractivity contribution in [3.05, 3.63) is 58.7 Å². The van der Waals surface area contributed by atoms with Gasteiger partial charge in [0.25, 0.3) is 0 Å². The van der Waals surface area contributed by atoms with Crippen LogP contribution in [-0.4, -0.2) is 43.7 Å². The van der Waals surface area contributed by atoms with Gasteiger partial charge in [-0.05, 0) is 75.3 Å². The third kappa shape index (κ3) is 6.04. The maximum Gasteiger partial charge on any atom is 0.313 e. The Morgan fingerprint density at radius 2 is 1.65 bits per heavy atom. The fraction of sp³-hybridized carbons (Fsp3) is 0.462. The van der Waals surface area contributed by atoms with Crippen LogP contribution in [-0.2, 0) is 26.0 Å². The van der Waals surface area contributed by atoms with Crippen LogP contribution in [0.25, 0.3) is 0 Å². The number of anilines is 1. The van der Waals surface area contributed by atoms with E-state index in [1.807, 2.05) is 52.0 Å². The van der Waals surface area contributed by atoms with E-state index in [2.05, 4.69) is 10.6 Å². The summed E-state index contributed by atoms with van der Waals surface area (Å²) in [6, 6.07) is 10.9. The molecule has 0 radical (unpaired) electrons. The van der Waals surface area contributed by atoms with Gasteiger partial charge in [0.05, 0.1) is 4.90 Å². The number of hydrogen-bond acceptors (Lipinski definition) is 4. The predicted octanol–water partition coefficient (Wildman–Crippen LogP) is 3.86. The summed E-state index contributed by atoms with van der Waals surface area (Å²) < 4.78 is 28.7. The molecule has 0 spiro atoms. The molecule has 2 aromatic rings. The van der Waals surface area contributed by atoms with Gasteiger partial charge >= 0.3 is 11.8 Å². The molecule has 0 saturated carbocycles. The molecule has 1 heterocycles. The average molecular weight is 486 g/mol. The molecule has 1 aliphatic rings. The molecular weight excluding hydrogens is 450 g/mol. The summed E-state index contributed by atoms with van der Waals surface area (Å²) in [5, 5.41) is 5.24. The van der Waals surface area contributed by atoms with Crippen LogP contribution in [0.5, 0.6) is 0 Å². The van der Waals surface area contributed by atoms with Crippen molar-refractivity contribution in [2.45, 2.75) is 70.7 Å². The second-order valence-electron chi connectivity index (χ2n) is 9.04. The molecule has 0 unspecified atom stereocenters. The Morgan fingerprint density at radius 3 is 2.26 bits per heavy atom. The van der Waals surface area contributed by atoms with Crippen LogP contribution in [0.3, 0.4) is 0 Å². The van der Waals surface area contributed by atoms with Gasteiger partial charge in [0.15, 0.2) is 0 Å². The lowest BCUT2D eigenvalue weighted by Gasteiger charge is -2.35. The Hall–Kier alpha value is -2.71. The molecule has 2 aromatic carbocycles. The van der Waals surface area contributed by atoms with E-state index in [-0.39, 0.29) is 12.6 Å². The van der Waals surface area contributed by atoms with E-state index in [0.29, 0.717) is 23.5 Å². The molecular formula is C26H35N3O4S. The van der Waals surface area contributed by atoms with E-state index in [9.17, 15) is 18.0 Å². The summed E-state index contributed by atoms with van der Waals surface area (Å²) in [4.78, 5) is 24.9. The lowest BCUT2D eigenvalue weighted by atomic mass is 10.0. The lowest BCUT2D eigenvalue weighted by molar-refractivity contribution is -0.136. The van der Waals surface area contributed by atoms with E-state index >= 15 is 0 Å². The second kappa shape index (κ2) is 11.1. The van der Waals surface area contributed by atoms with Gasteiger partial charge in [0.2, 0.25) is 10.0 Å². The van der Waals surface area contributed by atoms with Gasteiger partial charge in [-0.2, -0.15) is 4.31 Å². The zero-order valence-electron chi connectivity index (χ0n) is 20.5. The zero-order chi connectivity index (χ0) is 24.9. The Labute approximate surface area is 203 Å². The highest BCUT2D eigenvalue weighted by Crippen LogP contribution is 2.31. The molecule has 0 aromatic heterocycles. The number of hydrogen-bond donors (Lipinski definition) is 2. The van der Waals surface area contributed by atoms with Crippen LogP contribution in [0, 0.1) is 20.8 Å². The molecule has 0 aliphatic carbocycles. The summed E-state index contributed by atoms with van der Waals surface area (Å²) in [6.07, 6.45) is 3.82. The van der Waals surface area contributed by atoms with E-state index in [0.717, 1.165) is 47.9 Å². The third-order valence-electron chi connectivity index (χ3n) is 6.33. The highest BCUT2D eigenvalue weighted by molar-refractivity contribution is 7.89. The number of piperidine rings is 1. The molecule has 1 atom stereocenters. The van der Waals surface area contributed by atoms with E-state index in [1.54, 1.807) is 16.4 Å². The molecule has 34 heavy (non-hydrogen) atoms. The number of nitrogens with one attached hydrogen (secondary N) is 2. The van der Waals surface area contributed by atoms with Crippen LogP contribution in [0.4, 0.5) is 5.69 Å². The van der Waals surface area contributed by atoms with Crippen molar-refractivity contribution in [2.24, 2.45) is 0 Å². The number of rotatable bonds is 7. The Morgan fingerprint density at radius 1 is 1.00 bits per heavy atom. The van der Waals surface area contributed by atoms with Gasteiger partial charge in [0, 0.05) is 24.8 Å². The van der Waals surface area contributed by atoms with Gasteiger partial charge in [-0.25, -0.2) is 8.42 Å². The molecule has 8 heteroatoms. The smallest absolute Gasteiger partial charge is 0.313 e. The van der Waals surface area contributed by atoms with Gasteiger partial charge in [-0.3, -0.25) is 9.59 Å². The highest BCUT2D eigenvalue weighted by Gasteiger charge is 2.35. The standard InChI is InChI=1S/C26H35N3O4S/c1-5-21-9-11-22(12-10-21)28-26(31)25(30)27-14-13-23-8-6-7-15-29(23)34(32,33)24-19(3)16-18(2)17-20(24)4/h9-12,16-17,23H,5-8,13-15H2,1-4H3,(H,27,30)(H,28,31)/t23-/m1/s1. The van der Waals surface area contributed by atoms with Crippen molar-refractivity contribution in [3.8, 4) is 0 Å². The quantitative estimate of drug-likeness (QED) is 0.582. The van der Waals surface area contributed by atoms with E-state index in [1.165, 1.54) is 0 Å². The first-order chi connectivity index (χ1) is 16.1. The topological polar surface area (TPSA) is 95.6 Å². The summed E-state index contributed by atoms with van der Waals surface area (Å²) in [6.45, 7) is 8.36. The molecule has 0 bridgehead atoms. The van der Waals surface area contributed by atoms with Gasteiger partial charge in [-0.15, -0.1) is 0 Å². The maximum absolute atomic E-state index is 13.6. The Balaban J connectivity index is 1.62. The van der Waals surface area contributed by atoms with Crippen LogP contribution in [0.2, 0.25) is 0 Å². The largest absolute Gasteiger partial charge is 0.348 e. The minimum atomic E-state index is -3.66. The van der Waals surface area contributed by atoms with Crippen LogP contribution < -0.4 is 10.6 Å². The Kier molecular flexibility index (Phi) is 8.49. The molecule has 2 amide bonds. The first-order valence-electron chi connectivity index (χ1n) is 11.9. The second-order valence-corrected chi connectivity index (χ2v) is 10.9. The van der Waals surface area contributed by atoms with Crippen LogP contribution >= 0.6 is 0 Å². The fourth-order valence-corrected chi connectivity index (χ4v) is 6.85. The highest BCUT2D eigenvalue weighted by atomic mass is 32.2. The average Bonchev–Trinajstić information content (AvgIpc) is 2.78. The van der Waals surface area contributed by atoms with Crippen LogP contribution in [0.15, 0.2) is 41.3 Å². The number of carbonyl (C=O) groups excluding carboxylic acids is 2. The summed E-state index contributed by atoms with van der Waals surface area (Å²) in [7, 11) is -3.66. The molecule has 7 nitrogen and oxygen atoms in total. The first kappa shape index (κ1) is 25.9. The zero-order valence-corrected chi connectivity index (χ0v) is 21.3. The van der Waals surface area contributed by atoms with E-state index in [4.69, 9.17) is 0 Å². The van der Waals surface area contributed by atoms with Gasteiger partial charge < -0.3 is 10.6 Å². The van der Waals surface area contributed by atoms with Crippen molar-refractivity contribution in [3.63, 3.8) is 0 Å². The van der Waals surface area contributed by atoms with Crippen molar-refractivity contribution >= 4 is 27.5 Å². The summed E-state index contributed by atoms with van der Waals surface area (Å²) >= 11 is 0. The SMILES string of the molecule is CCc1ccc(NC(=O)C(=O)NCC[C@H]2CCCCN2S(=O)(=O)c2c(C)cc(C)cc2C)cc1. The normalized spacial score (nSPS) is 16.8. The minimum Gasteiger partial charge on any atom is -0.348 e. The minimum absolute atomic E-state index is 0.219. The van der Waals surface area contributed by atoms with Crippen molar-refractivity contribution in [1.82, 2.24) is 9.62 Å². The van der Waals surface area contributed by atoms with Gasteiger partial charge in [-0.1, -0.05) is 43.2 Å². The molecule has 1 saturated heterocycles. The first-order valence-corrected chi connectivity index (χ1v) is 13.3. The van der Waals surface area contributed by atoms with Crippen LogP contribution in [0.1, 0.15) is 54.9 Å². The van der Waals surface area contributed by atoms with Crippen molar-refractivity contribution in [2.75, 3.05) is 18.4 Å². The monoisotopic (exact) mass is 485 g/mol.